The minimum atomic E-state index is -4.58. The van der Waals surface area contributed by atoms with Crippen molar-refractivity contribution in [2.45, 2.75) is 70.4 Å². The molecule has 0 saturated carbocycles. The zero-order valence-corrected chi connectivity index (χ0v) is 25.4. The minimum absolute atomic E-state index is 0.0974. The number of esters is 2. The highest BCUT2D eigenvalue weighted by atomic mass is 31.2. The maximum absolute atomic E-state index is 15.7. The molecule has 3 heterocycles. The van der Waals surface area contributed by atoms with Crippen molar-refractivity contribution in [2.75, 3.05) is 13.7 Å². The fourth-order valence-corrected chi connectivity index (χ4v) is 6.00. The lowest BCUT2D eigenvalue weighted by Gasteiger charge is -2.25. The number of rotatable bonds is 12. The van der Waals surface area contributed by atoms with E-state index in [0.717, 1.165) is 23.8 Å². The Kier molecular flexibility index (Phi) is 9.80. The number of aliphatic hydroxyl groups is 1. The molecule has 1 aliphatic rings. The topological polar surface area (TPSA) is 198 Å². The summed E-state index contributed by atoms with van der Waals surface area (Å²) in [6.45, 7) is 4.84. The third-order valence-electron chi connectivity index (χ3n) is 6.71. The molecule has 4 rings (SSSR count). The van der Waals surface area contributed by atoms with Crippen LogP contribution in [-0.4, -0.2) is 70.3 Å². The Morgan fingerprint density at radius 3 is 2.64 bits per heavy atom. The molecule has 1 saturated heterocycles. The second-order valence-electron chi connectivity index (χ2n) is 10.5. The summed E-state index contributed by atoms with van der Waals surface area (Å²) in [5.74, 6) is -1.40. The fourth-order valence-electron chi connectivity index (χ4n) is 4.50. The molecule has 0 radical (unpaired) electrons. The summed E-state index contributed by atoms with van der Waals surface area (Å²) < 4.78 is 62.9. The van der Waals surface area contributed by atoms with Crippen molar-refractivity contribution in [1.29, 1.82) is 0 Å². The quantitative estimate of drug-likeness (QED) is 0.192. The molecule has 1 unspecified atom stereocenters. The number of halogens is 1. The van der Waals surface area contributed by atoms with E-state index in [2.05, 4.69) is 5.09 Å². The van der Waals surface area contributed by atoms with E-state index >= 15 is 4.39 Å². The molecular formula is C27H33FN3O12P. The molecule has 1 aliphatic heterocycles. The van der Waals surface area contributed by atoms with Crippen molar-refractivity contribution in [2.24, 2.45) is 0 Å². The second kappa shape index (κ2) is 13.0. The largest absolute Gasteiger partial charge is 0.469 e. The Balaban J connectivity index is 1.62. The molecule has 240 valence electrons. The molecule has 17 heteroatoms. The van der Waals surface area contributed by atoms with E-state index in [0.29, 0.717) is 10.9 Å². The normalized spacial score (nSPS) is 23.8. The van der Waals surface area contributed by atoms with Crippen LogP contribution in [0.15, 0.2) is 50.7 Å². The number of alkyl halides is 1. The number of aliphatic hydroxyl groups excluding tert-OH is 1. The Bertz CT molecular complexity index is 1680. The Morgan fingerprint density at radius 2 is 1.98 bits per heavy atom. The molecule has 44 heavy (non-hydrogen) atoms. The van der Waals surface area contributed by atoms with Gasteiger partial charge >= 0.3 is 25.4 Å². The van der Waals surface area contributed by atoms with Crippen LogP contribution in [0.2, 0.25) is 0 Å². The first kappa shape index (κ1) is 33.1. The van der Waals surface area contributed by atoms with Crippen LogP contribution in [0.3, 0.4) is 0 Å². The fraction of sp³-hybridized carbons (Fsp3) is 0.481. The number of para-hydroxylation sites is 1. The number of carbonyl (C=O) groups excluding carboxylic acids is 2. The van der Waals surface area contributed by atoms with Gasteiger partial charge in [-0.25, -0.2) is 13.8 Å². The number of carbonyl (C=O) groups is 2. The molecule has 0 aliphatic carbocycles. The lowest BCUT2D eigenvalue weighted by atomic mass is 9.98. The van der Waals surface area contributed by atoms with Crippen LogP contribution in [0.4, 0.5) is 4.39 Å². The van der Waals surface area contributed by atoms with Crippen molar-refractivity contribution in [3.05, 3.63) is 63.1 Å². The third-order valence-corrected chi connectivity index (χ3v) is 8.34. The zero-order valence-electron chi connectivity index (χ0n) is 24.5. The zero-order chi connectivity index (χ0) is 32.4. The smallest absolute Gasteiger partial charge is 0.459 e. The number of hydrogen-bond donors (Lipinski definition) is 3. The molecule has 3 aromatic rings. The predicted molar refractivity (Wildman–Crippen MR) is 151 cm³/mol. The lowest BCUT2D eigenvalue weighted by Crippen LogP contribution is -2.43. The van der Waals surface area contributed by atoms with Gasteiger partial charge in [0.2, 0.25) is 0 Å². The van der Waals surface area contributed by atoms with Gasteiger partial charge in [-0.05, 0) is 33.8 Å². The van der Waals surface area contributed by atoms with Gasteiger partial charge in [0.05, 0.1) is 32.5 Å². The summed E-state index contributed by atoms with van der Waals surface area (Å²) in [4.78, 5) is 50.1. The number of aromatic amines is 1. The van der Waals surface area contributed by atoms with Crippen LogP contribution < -0.4 is 20.9 Å². The summed E-state index contributed by atoms with van der Waals surface area (Å²) in [6, 6.07) is 4.32. The molecule has 0 amide bonds. The van der Waals surface area contributed by atoms with Gasteiger partial charge in [-0.15, -0.1) is 0 Å². The Hall–Kier alpha value is -3.82. The standard InChI is InChI=1S/C27H33FN3O12P/c1-14(2)41-24(35)15(3)30-44(37,43-18-8-6-7-17-16(11-21(33)38-5)12-39-22(17)18)40-13-19-23(34)27(4,28)25(42-19)31-10-9-20(32)29-26(31)36/h6-10,12,14-15,19,23,25,34H,11,13H2,1-5H3,(H,30,37)(H,29,32,36)/t15-,19+,23+,25+,27+,44?/m0/s1. The first-order valence-corrected chi connectivity index (χ1v) is 15.0. The summed E-state index contributed by atoms with van der Waals surface area (Å²) in [7, 11) is -3.35. The Morgan fingerprint density at radius 1 is 1.25 bits per heavy atom. The predicted octanol–water partition coefficient (Wildman–Crippen LogP) is 2.12. The van der Waals surface area contributed by atoms with Crippen LogP contribution in [0.5, 0.6) is 5.75 Å². The minimum Gasteiger partial charge on any atom is -0.469 e. The van der Waals surface area contributed by atoms with Crippen molar-refractivity contribution in [3.63, 3.8) is 0 Å². The highest BCUT2D eigenvalue weighted by Gasteiger charge is 2.56. The maximum atomic E-state index is 15.7. The lowest BCUT2D eigenvalue weighted by molar-refractivity contribution is -0.149. The highest BCUT2D eigenvalue weighted by Crippen LogP contribution is 2.49. The van der Waals surface area contributed by atoms with E-state index in [9.17, 15) is 28.8 Å². The van der Waals surface area contributed by atoms with Gasteiger partial charge in [-0.1, -0.05) is 12.1 Å². The van der Waals surface area contributed by atoms with E-state index in [1.54, 1.807) is 26.0 Å². The first-order chi connectivity index (χ1) is 20.6. The van der Waals surface area contributed by atoms with Crippen LogP contribution in [-0.2, 0) is 39.3 Å². The monoisotopic (exact) mass is 641 g/mol. The molecule has 0 bridgehead atoms. The maximum Gasteiger partial charge on any atom is 0.459 e. The number of nitrogens with zero attached hydrogens (tertiary/aromatic N) is 1. The van der Waals surface area contributed by atoms with Gasteiger partial charge in [0.1, 0.15) is 18.2 Å². The number of nitrogens with one attached hydrogen (secondary N) is 2. The van der Waals surface area contributed by atoms with Crippen LogP contribution in [0, 0.1) is 0 Å². The molecule has 6 atom stereocenters. The summed E-state index contributed by atoms with van der Waals surface area (Å²) in [5.41, 5.74) is -3.70. The third kappa shape index (κ3) is 7.11. The summed E-state index contributed by atoms with van der Waals surface area (Å²) in [5, 5.41) is 13.7. The highest BCUT2D eigenvalue weighted by molar-refractivity contribution is 7.52. The van der Waals surface area contributed by atoms with E-state index in [-0.39, 0.29) is 17.8 Å². The van der Waals surface area contributed by atoms with Gasteiger partial charge in [0.15, 0.2) is 23.2 Å². The average Bonchev–Trinajstić information content (AvgIpc) is 3.45. The molecule has 1 aromatic carbocycles. The van der Waals surface area contributed by atoms with Crippen molar-refractivity contribution < 1.29 is 51.3 Å². The van der Waals surface area contributed by atoms with E-state index in [1.807, 2.05) is 4.98 Å². The van der Waals surface area contributed by atoms with Crippen LogP contribution in [0.1, 0.15) is 39.5 Å². The van der Waals surface area contributed by atoms with Gasteiger partial charge < -0.3 is 28.3 Å². The number of ether oxygens (including phenoxy) is 3. The molecule has 1 fully saturated rings. The van der Waals surface area contributed by atoms with Gasteiger partial charge in [-0.2, -0.15) is 5.09 Å². The number of aromatic nitrogens is 2. The molecule has 3 N–H and O–H groups in total. The number of furan rings is 1. The second-order valence-corrected chi connectivity index (χ2v) is 12.2. The Labute approximate surface area is 249 Å². The molecular weight excluding hydrogens is 608 g/mol. The van der Waals surface area contributed by atoms with Crippen LogP contribution in [0.25, 0.3) is 11.0 Å². The van der Waals surface area contributed by atoms with Gasteiger partial charge in [0.25, 0.3) is 5.56 Å². The molecule has 15 nitrogen and oxygen atoms in total. The van der Waals surface area contributed by atoms with Gasteiger partial charge in [0, 0.05) is 23.2 Å². The van der Waals surface area contributed by atoms with Crippen molar-refractivity contribution in [1.82, 2.24) is 14.6 Å². The van der Waals surface area contributed by atoms with Gasteiger partial charge in [-0.3, -0.25) is 28.5 Å². The molecule has 2 aromatic heterocycles. The number of hydrogen-bond acceptors (Lipinski definition) is 12. The summed E-state index contributed by atoms with van der Waals surface area (Å²) in [6.07, 6.45) is -3.36. The number of H-pyrrole nitrogens is 1. The van der Waals surface area contributed by atoms with Crippen molar-refractivity contribution >= 4 is 30.7 Å². The number of methoxy groups -OCH3 is 1. The summed E-state index contributed by atoms with van der Waals surface area (Å²) >= 11 is 0. The van der Waals surface area contributed by atoms with E-state index < -0.39 is 73.8 Å². The number of benzene rings is 1. The van der Waals surface area contributed by atoms with E-state index in [1.165, 1.54) is 26.4 Å². The SMILES string of the molecule is COC(=O)Cc1coc2c(OP(=O)(N[C@@H](C)C(=O)OC(C)C)OC[C@H]3O[C@@H](n4ccc(=O)[nH]c4=O)[C@](C)(F)[C@@H]3O)cccc12. The molecule has 0 spiro atoms. The van der Waals surface area contributed by atoms with E-state index in [4.69, 9.17) is 27.7 Å². The van der Waals surface area contributed by atoms with Crippen LogP contribution >= 0.6 is 7.75 Å². The number of fused-ring (bicyclic) bond motifs is 1. The van der Waals surface area contributed by atoms with Crippen molar-refractivity contribution in [3.8, 4) is 5.75 Å². The average molecular weight is 642 g/mol. The first-order valence-electron chi connectivity index (χ1n) is 13.5.